The summed E-state index contributed by atoms with van der Waals surface area (Å²) < 4.78 is 5.29. The first-order valence-electron chi connectivity index (χ1n) is 6.37. The molecule has 2 rings (SSSR count). The number of hydrogen-bond donors (Lipinski definition) is 1. The van der Waals surface area contributed by atoms with Gasteiger partial charge in [0.2, 0.25) is 0 Å². The Bertz CT molecular complexity index is 581. The summed E-state index contributed by atoms with van der Waals surface area (Å²) >= 11 is 0. The van der Waals surface area contributed by atoms with Gasteiger partial charge in [-0.3, -0.25) is 10.1 Å². The van der Waals surface area contributed by atoms with E-state index in [1.165, 1.54) is 6.07 Å². The minimum Gasteiger partial charge on any atom is -0.467 e. The van der Waals surface area contributed by atoms with Gasteiger partial charge >= 0.3 is 0 Å². The van der Waals surface area contributed by atoms with Gasteiger partial charge in [0.1, 0.15) is 5.76 Å². The highest BCUT2D eigenvalue weighted by Gasteiger charge is 2.13. The van der Waals surface area contributed by atoms with E-state index < -0.39 is 0 Å². The molecule has 0 spiro atoms. The van der Waals surface area contributed by atoms with E-state index >= 15 is 0 Å². The number of anilines is 2. The van der Waals surface area contributed by atoms with Gasteiger partial charge in [0.05, 0.1) is 17.7 Å². The van der Waals surface area contributed by atoms with Crippen LogP contribution in [0.4, 0.5) is 17.1 Å². The Labute approximate surface area is 117 Å². The molecule has 106 valence electrons. The first-order chi connectivity index (χ1) is 9.60. The Morgan fingerprint density at radius 2 is 2.20 bits per heavy atom. The summed E-state index contributed by atoms with van der Waals surface area (Å²) in [6.07, 6.45) is 1.61. The molecule has 1 heterocycles. The molecule has 0 saturated carbocycles. The zero-order valence-corrected chi connectivity index (χ0v) is 11.5. The smallest absolute Gasteiger partial charge is 0.273 e. The summed E-state index contributed by atoms with van der Waals surface area (Å²) in [4.78, 5) is 12.5. The molecule has 0 unspecified atom stereocenters. The van der Waals surface area contributed by atoms with Crippen LogP contribution >= 0.6 is 0 Å². The Balaban J connectivity index is 2.26. The third kappa shape index (κ3) is 3.28. The lowest BCUT2D eigenvalue weighted by Crippen LogP contribution is -2.16. The van der Waals surface area contributed by atoms with Gasteiger partial charge in [0.25, 0.3) is 5.69 Å². The second kappa shape index (κ2) is 6.10. The van der Waals surface area contributed by atoms with Crippen LogP contribution < -0.4 is 10.2 Å². The van der Waals surface area contributed by atoms with Gasteiger partial charge in [-0.15, -0.1) is 0 Å². The number of nitro benzene ring substituents is 1. The van der Waals surface area contributed by atoms with Crippen molar-refractivity contribution in [1.29, 1.82) is 0 Å². The van der Waals surface area contributed by atoms with Gasteiger partial charge in [-0.1, -0.05) is 0 Å². The second-order valence-corrected chi connectivity index (χ2v) is 4.46. The Kier molecular flexibility index (Phi) is 4.24. The molecule has 1 aromatic heterocycles. The second-order valence-electron chi connectivity index (χ2n) is 4.46. The minimum absolute atomic E-state index is 0.0738. The van der Waals surface area contributed by atoms with Crippen molar-refractivity contribution >= 4 is 17.1 Å². The first-order valence-corrected chi connectivity index (χ1v) is 6.37. The van der Waals surface area contributed by atoms with Crippen LogP contribution in [0.2, 0.25) is 0 Å². The zero-order chi connectivity index (χ0) is 14.5. The highest BCUT2D eigenvalue weighted by Crippen LogP contribution is 2.27. The van der Waals surface area contributed by atoms with Crippen molar-refractivity contribution in [3.63, 3.8) is 0 Å². The summed E-state index contributed by atoms with van der Waals surface area (Å²) in [5.74, 6) is 0.809. The summed E-state index contributed by atoms with van der Waals surface area (Å²) in [5, 5.41) is 14.1. The van der Waals surface area contributed by atoms with E-state index in [0.29, 0.717) is 13.1 Å². The molecule has 0 fully saturated rings. The molecular weight excluding hydrogens is 258 g/mol. The number of nitrogens with one attached hydrogen (secondary N) is 1. The van der Waals surface area contributed by atoms with Gasteiger partial charge in [0.15, 0.2) is 0 Å². The molecule has 1 N–H and O–H groups in total. The normalized spacial score (nSPS) is 10.3. The van der Waals surface area contributed by atoms with Crippen molar-refractivity contribution in [1.82, 2.24) is 0 Å². The summed E-state index contributed by atoms with van der Waals surface area (Å²) in [7, 11) is 1.87. The third-order valence-corrected chi connectivity index (χ3v) is 2.91. The highest BCUT2D eigenvalue weighted by molar-refractivity contribution is 5.64. The fraction of sp³-hybridized carbons (Fsp3) is 0.286. The van der Waals surface area contributed by atoms with Crippen molar-refractivity contribution in [2.75, 3.05) is 23.8 Å². The average Bonchev–Trinajstić information content (AvgIpc) is 2.91. The van der Waals surface area contributed by atoms with E-state index in [1.54, 1.807) is 12.3 Å². The molecular formula is C14H17N3O3. The van der Waals surface area contributed by atoms with E-state index in [0.717, 1.165) is 17.1 Å². The molecule has 0 aliphatic rings. The van der Waals surface area contributed by atoms with Crippen LogP contribution in [0.15, 0.2) is 41.0 Å². The van der Waals surface area contributed by atoms with Crippen LogP contribution in [-0.2, 0) is 6.54 Å². The number of furan rings is 1. The van der Waals surface area contributed by atoms with Gasteiger partial charge in [-0.05, 0) is 25.1 Å². The van der Waals surface area contributed by atoms with E-state index in [-0.39, 0.29) is 10.6 Å². The van der Waals surface area contributed by atoms with Gasteiger partial charge in [-0.25, -0.2) is 0 Å². The Morgan fingerprint density at radius 3 is 2.80 bits per heavy atom. The number of non-ortho nitro benzene ring substituents is 1. The molecule has 0 aliphatic heterocycles. The highest BCUT2D eigenvalue weighted by atomic mass is 16.6. The van der Waals surface area contributed by atoms with Gasteiger partial charge < -0.3 is 14.6 Å². The number of nitro groups is 1. The van der Waals surface area contributed by atoms with Crippen LogP contribution in [0, 0.1) is 10.1 Å². The van der Waals surface area contributed by atoms with E-state index in [4.69, 9.17) is 4.42 Å². The summed E-state index contributed by atoms with van der Waals surface area (Å²) in [6, 6.07) is 8.68. The maximum Gasteiger partial charge on any atom is 0.273 e. The molecule has 6 heteroatoms. The quantitative estimate of drug-likeness (QED) is 0.647. The fourth-order valence-corrected chi connectivity index (χ4v) is 1.95. The average molecular weight is 275 g/mol. The third-order valence-electron chi connectivity index (χ3n) is 2.91. The predicted octanol–water partition coefficient (Wildman–Crippen LogP) is 3.26. The largest absolute Gasteiger partial charge is 0.467 e. The van der Waals surface area contributed by atoms with Crippen LogP contribution in [-0.4, -0.2) is 18.5 Å². The van der Waals surface area contributed by atoms with Crippen molar-refractivity contribution in [3.05, 3.63) is 52.5 Å². The van der Waals surface area contributed by atoms with E-state index in [9.17, 15) is 10.1 Å². The van der Waals surface area contributed by atoms with E-state index in [2.05, 4.69) is 5.32 Å². The molecule has 2 aromatic rings. The van der Waals surface area contributed by atoms with Crippen LogP contribution in [0.5, 0.6) is 0 Å². The monoisotopic (exact) mass is 275 g/mol. The lowest BCUT2D eigenvalue weighted by Gasteiger charge is -2.19. The predicted molar refractivity (Wildman–Crippen MR) is 78.1 cm³/mol. The summed E-state index contributed by atoms with van der Waals surface area (Å²) in [5.41, 5.74) is 1.58. The number of nitrogens with zero attached hydrogens (tertiary/aromatic N) is 2. The fourth-order valence-electron chi connectivity index (χ4n) is 1.95. The van der Waals surface area contributed by atoms with Gasteiger partial charge in [-0.2, -0.15) is 0 Å². The SMILES string of the molecule is CCNc1cc(N(C)Cc2ccco2)cc([N+](=O)[O-])c1. The van der Waals surface area contributed by atoms with Crippen LogP contribution in [0.3, 0.4) is 0 Å². The molecule has 0 aliphatic carbocycles. The lowest BCUT2D eigenvalue weighted by atomic mass is 10.2. The number of benzene rings is 1. The van der Waals surface area contributed by atoms with Crippen molar-refractivity contribution in [3.8, 4) is 0 Å². The maximum atomic E-state index is 11.0. The molecule has 20 heavy (non-hydrogen) atoms. The summed E-state index contributed by atoms with van der Waals surface area (Å²) in [6.45, 7) is 3.22. The Hall–Kier alpha value is -2.50. The topological polar surface area (TPSA) is 71.5 Å². The van der Waals surface area contributed by atoms with Gasteiger partial charge in [0, 0.05) is 37.1 Å². The molecule has 6 nitrogen and oxygen atoms in total. The van der Waals surface area contributed by atoms with Crippen molar-refractivity contribution in [2.45, 2.75) is 13.5 Å². The molecule has 0 amide bonds. The lowest BCUT2D eigenvalue weighted by molar-refractivity contribution is -0.384. The Morgan fingerprint density at radius 1 is 1.40 bits per heavy atom. The maximum absolute atomic E-state index is 11.0. The van der Waals surface area contributed by atoms with Crippen LogP contribution in [0.1, 0.15) is 12.7 Å². The van der Waals surface area contributed by atoms with Crippen molar-refractivity contribution in [2.24, 2.45) is 0 Å². The van der Waals surface area contributed by atoms with Crippen molar-refractivity contribution < 1.29 is 9.34 Å². The number of hydrogen-bond acceptors (Lipinski definition) is 5. The van der Waals surface area contributed by atoms with Crippen LogP contribution in [0.25, 0.3) is 0 Å². The first kappa shape index (κ1) is 13.9. The molecule has 0 saturated heterocycles. The molecule has 0 radical (unpaired) electrons. The minimum atomic E-state index is -0.384. The number of rotatable bonds is 6. The molecule has 0 atom stereocenters. The standard InChI is InChI=1S/C14H17N3O3/c1-3-15-11-7-12(9-13(8-11)17(18)19)16(2)10-14-5-4-6-20-14/h4-9,15H,3,10H2,1-2H3. The van der Waals surface area contributed by atoms with E-state index in [1.807, 2.05) is 37.1 Å². The zero-order valence-electron chi connectivity index (χ0n) is 11.5. The molecule has 1 aromatic carbocycles. The molecule has 0 bridgehead atoms.